The summed E-state index contributed by atoms with van der Waals surface area (Å²) in [6.07, 6.45) is 0.990. The molecule has 9 nitrogen and oxygen atoms in total. The zero-order chi connectivity index (χ0) is 23.1. The highest BCUT2D eigenvalue weighted by molar-refractivity contribution is 6.31. The number of hydrogen-bond acceptors (Lipinski definition) is 6. The van der Waals surface area contributed by atoms with Crippen LogP contribution >= 0.6 is 11.6 Å². The third-order valence-corrected chi connectivity index (χ3v) is 5.82. The molecule has 1 aliphatic rings. The van der Waals surface area contributed by atoms with Crippen molar-refractivity contribution in [2.75, 3.05) is 31.2 Å². The maximum atomic E-state index is 15.1. The molecule has 0 spiro atoms. The molecule has 33 heavy (non-hydrogen) atoms. The number of aromatic carboxylic acids is 1. The standard InChI is InChI=1S/C22H18ClFN4O5/c23-15-5-6-17-20(19(15)24)28(14-3-1-13(2-4-14)26-7-9-32-10-8-26)22(31)27(17)11-18-25-16(12-33-18)21(29)30/h1-6,12H,7-11H2,(H,29,30). The van der Waals surface area contributed by atoms with E-state index >= 15 is 4.39 Å². The smallest absolute Gasteiger partial charge is 0.357 e. The Morgan fingerprint density at radius 2 is 1.82 bits per heavy atom. The first-order valence-corrected chi connectivity index (χ1v) is 10.5. The summed E-state index contributed by atoms with van der Waals surface area (Å²) in [5.41, 5.74) is 0.889. The maximum Gasteiger partial charge on any atom is 0.357 e. The van der Waals surface area contributed by atoms with E-state index in [1.807, 2.05) is 12.1 Å². The first-order valence-electron chi connectivity index (χ1n) is 10.1. The van der Waals surface area contributed by atoms with Crippen LogP contribution in [0.3, 0.4) is 0 Å². The molecule has 0 unspecified atom stereocenters. The summed E-state index contributed by atoms with van der Waals surface area (Å²) >= 11 is 6.02. The highest BCUT2D eigenvalue weighted by atomic mass is 35.5. The molecule has 0 amide bonds. The number of morpholine rings is 1. The number of imidazole rings is 1. The molecule has 0 atom stereocenters. The van der Waals surface area contributed by atoms with Crippen molar-refractivity contribution in [1.29, 1.82) is 0 Å². The molecule has 1 aliphatic heterocycles. The minimum absolute atomic E-state index is 0.00609. The molecule has 1 fully saturated rings. The van der Waals surface area contributed by atoms with Crippen molar-refractivity contribution in [3.05, 3.63) is 75.6 Å². The van der Waals surface area contributed by atoms with Crippen LogP contribution in [0.4, 0.5) is 10.1 Å². The fourth-order valence-electron chi connectivity index (χ4n) is 3.92. The molecule has 2 aromatic heterocycles. The van der Waals surface area contributed by atoms with Crippen molar-refractivity contribution in [3.8, 4) is 5.69 Å². The van der Waals surface area contributed by atoms with Crippen LogP contribution in [0.25, 0.3) is 16.7 Å². The lowest BCUT2D eigenvalue weighted by Gasteiger charge is -2.28. The molecule has 0 aliphatic carbocycles. The number of carboxylic acid groups (broad SMARTS) is 1. The van der Waals surface area contributed by atoms with Gasteiger partial charge in [0.1, 0.15) is 18.3 Å². The lowest BCUT2D eigenvalue weighted by Crippen LogP contribution is -2.36. The zero-order valence-corrected chi connectivity index (χ0v) is 18.0. The van der Waals surface area contributed by atoms with E-state index in [4.69, 9.17) is 25.9 Å². The second-order valence-electron chi connectivity index (χ2n) is 7.48. The molecule has 1 saturated heterocycles. The first kappa shape index (κ1) is 21.2. The van der Waals surface area contributed by atoms with E-state index in [0.717, 1.165) is 25.0 Å². The molecule has 0 bridgehead atoms. The summed E-state index contributed by atoms with van der Waals surface area (Å²) in [5.74, 6) is -1.98. The van der Waals surface area contributed by atoms with Gasteiger partial charge in [-0.1, -0.05) is 11.6 Å². The Balaban J connectivity index is 1.61. The Bertz CT molecular complexity index is 1400. The molecule has 3 heterocycles. The largest absolute Gasteiger partial charge is 0.476 e. The van der Waals surface area contributed by atoms with Crippen molar-refractivity contribution in [3.63, 3.8) is 0 Å². The van der Waals surface area contributed by atoms with E-state index in [-0.39, 0.29) is 34.2 Å². The van der Waals surface area contributed by atoms with Crippen LogP contribution in [-0.4, -0.2) is 51.5 Å². The number of aromatic nitrogens is 3. The number of oxazole rings is 1. The lowest BCUT2D eigenvalue weighted by atomic mass is 10.2. The quantitative estimate of drug-likeness (QED) is 0.476. The van der Waals surface area contributed by atoms with Gasteiger partial charge in [0, 0.05) is 18.8 Å². The number of hydrogen-bond donors (Lipinski definition) is 1. The van der Waals surface area contributed by atoms with Gasteiger partial charge in [-0.2, -0.15) is 0 Å². The Morgan fingerprint density at radius 3 is 2.48 bits per heavy atom. The number of fused-ring (bicyclic) bond motifs is 1. The minimum Gasteiger partial charge on any atom is -0.476 e. The Kier molecular flexibility index (Phi) is 5.39. The summed E-state index contributed by atoms with van der Waals surface area (Å²) in [6.45, 7) is 2.63. The number of halogens is 2. The van der Waals surface area contributed by atoms with Crippen molar-refractivity contribution < 1.29 is 23.4 Å². The number of rotatable bonds is 5. The number of benzene rings is 2. The van der Waals surface area contributed by atoms with Crippen molar-refractivity contribution in [2.24, 2.45) is 0 Å². The number of ether oxygens (including phenoxy) is 1. The summed E-state index contributed by atoms with van der Waals surface area (Å²) in [5, 5.41) is 8.93. The normalized spacial score (nSPS) is 14.2. The zero-order valence-electron chi connectivity index (χ0n) is 17.2. The van der Waals surface area contributed by atoms with Gasteiger partial charge in [-0.15, -0.1) is 0 Å². The SMILES string of the molecule is O=C(O)c1coc(Cn2c(=O)n(-c3ccc(N4CCOCC4)cc3)c3c(F)c(Cl)ccc32)n1. The Hall–Kier alpha value is -3.63. The number of carbonyl (C=O) groups is 1. The molecule has 11 heteroatoms. The third kappa shape index (κ3) is 3.77. The predicted octanol–water partition coefficient (Wildman–Crippen LogP) is 3.16. The van der Waals surface area contributed by atoms with Gasteiger partial charge in [0.15, 0.2) is 11.5 Å². The van der Waals surface area contributed by atoms with E-state index in [2.05, 4.69) is 9.88 Å². The van der Waals surface area contributed by atoms with E-state index < -0.39 is 17.5 Å². The van der Waals surface area contributed by atoms with E-state index in [9.17, 15) is 9.59 Å². The summed E-state index contributed by atoms with van der Waals surface area (Å²) in [7, 11) is 0. The van der Waals surface area contributed by atoms with Gasteiger partial charge < -0.3 is 19.2 Å². The van der Waals surface area contributed by atoms with Gasteiger partial charge in [-0.25, -0.2) is 19.0 Å². The van der Waals surface area contributed by atoms with Gasteiger partial charge in [-0.3, -0.25) is 9.13 Å². The molecule has 170 valence electrons. The van der Waals surface area contributed by atoms with Crippen LogP contribution in [0.5, 0.6) is 0 Å². The van der Waals surface area contributed by atoms with Gasteiger partial charge in [0.25, 0.3) is 0 Å². The van der Waals surface area contributed by atoms with Gasteiger partial charge >= 0.3 is 11.7 Å². The van der Waals surface area contributed by atoms with Gasteiger partial charge in [0.05, 0.1) is 29.4 Å². The molecular weight excluding hydrogens is 455 g/mol. The average Bonchev–Trinajstić information content (AvgIpc) is 3.41. The maximum absolute atomic E-state index is 15.1. The van der Waals surface area contributed by atoms with Crippen LogP contribution in [0, 0.1) is 5.82 Å². The van der Waals surface area contributed by atoms with Crippen molar-refractivity contribution >= 4 is 34.3 Å². The lowest BCUT2D eigenvalue weighted by molar-refractivity contribution is 0.0690. The minimum atomic E-state index is -1.25. The van der Waals surface area contributed by atoms with E-state index in [1.54, 1.807) is 12.1 Å². The molecule has 2 aromatic carbocycles. The summed E-state index contributed by atoms with van der Waals surface area (Å²) in [6, 6.07) is 10.1. The van der Waals surface area contributed by atoms with Crippen molar-refractivity contribution in [2.45, 2.75) is 6.54 Å². The van der Waals surface area contributed by atoms with Gasteiger partial charge in [-0.05, 0) is 36.4 Å². The second kappa shape index (κ2) is 8.38. The molecule has 5 rings (SSSR count). The van der Waals surface area contributed by atoms with Crippen LogP contribution in [0.2, 0.25) is 5.02 Å². The summed E-state index contributed by atoms with van der Waals surface area (Å²) < 4.78 is 28.2. The van der Waals surface area contributed by atoms with Crippen LogP contribution in [0.15, 0.2) is 51.9 Å². The molecule has 0 saturated carbocycles. The van der Waals surface area contributed by atoms with E-state index in [1.165, 1.54) is 21.3 Å². The summed E-state index contributed by atoms with van der Waals surface area (Å²) in [4.78, 5) is 30.5. The topological polar surface area (TPSA) is 103 Å². The Morgan fingerprint density at radius 1 is 1.12 bits per heavy atom. The van der Waals surface area contributed by atoms with Crippen LogP contribution in [0.1, 0.15) is 16.4 Å². The van der Waals surface area contributed by atoms with Crippen molar-refractivity contribution in [1.82, 2.24) is 14.1 Å². The van der Waals surface area contributed by atoms with Gasteiger partial charge in [0.2, 0.25) is 5.89 Å². The number of carboxylic acids is 1. The molecule has 4 aromatic rings. The fourth-order valence-corrected chi connectivity index (χ4v) is 4.08. The third-order valence-electron chi connectivity index (χ3n) is 5.53. The highest BCUT2D eigenvalue weighted by Crippen LogP contribution is 2.28. The van der Waals surface area contributed by atoms with E-state index in [0.29, 0.717) is 18.9 Å². The molecular formula is C22H18ClFN4O5. The molecule has 1 N–H and O–H groups in total. The number of anilines is 1. The second-order valence-corrected chi connectivity index (χ2v) is 7.89. The van der Waals surface area contributed by atoms with Crippen LogP contribution in [-0.2, 0) is 11.3 Å². The number of nitrogens with zero attached hydrogens (tertiary/aromatic N) is 4. The van der Waals surface area contributed by atoms with Crippen LogP contribution < -0.4 is 10.6 Å². The fraction of sp³-hybridized carbons (Fsp3) is 0.227. The molecule has 0 radical (unpaired) electrons. The average molecular weight is 473 g/mol. The highest BCUT2D eigenvalue weighted by Gasteiger charge is 2.22. The first-order chi connectivity index (χ1) is 15.9. The predicted molar refractivity (Wildman–Crippen MR) is 118 cm³/mol. The monoisotopic (exact) mass is 472 g/mol. The Labute approximate surface area is 191 Å².